The molecular weight excluding hydrogens is 494 g/mol. The molecule has 0 fully saturated rings. The van der Waals surface area contributed by atoms with Crippen LogP contribution in [-0.4, -0.2) is 14.3 Å². The molecule has 0 heterocycles. The third-order valence-electron chi connectivity index (χ3n) is 3.88. The molecule has 0 aliphatic rings. The average molecular weight is 511 g/mol. The quantitative estimate of drug-likeness (QED) is 0.547. The van der Waals surface area contributed by atoms with E-state index in [0.717, 1.165) is 30.7 Å². The minimum absolute atomic E-state index is 0.00335. The van der Waals surface area contributed by atoms with Crippen LogP contribution < -0.4 is 4.31 Å². The summed E-state index contributed by atoms with van der Waals surface area (Å²) in [5, 5.41) is 0. The minimum atomic E-state index is -4.57. The number of carbonyl (C=O) groups is 1. The van der Waals surface area contributed by atoms with Gasteiger partial charge >= 0.3 is 6.18 Å². The summed E-state index contributed by atoms with van der Waals surface area (Å²) in [4.78, 5) is 12.2. The summed E-state index contributed by atoms with van der Waals surface area (Å²) in [6.45, 7) is 6.11. The molecule has 0 saturated carbocycles. The zero-order chi connectivity index (χ0) is 20.7. The number of amides is 1. The van der Waals surface area contributed by atoms with Gasteiger partial charge in [0.1, 0.15) is 0 Å². The molecule has 146 valence electrons. The van der Waals surface area contributed by atoms with E-state index >= 15 is 0 Å². The van der Waals surface area contributed by atoms with Gasteiger partial charge in [0.05, 0.1) is 16.1 Å². The van der Waals surface area contributed by atoms with Crippen molar-refractivity contribution in [1.82, 2.24) is 0 Å². The first-order valence-corrected chi connectivity index (χ1v) is 10.3. The Morgan fingerprint density at radius 2 is 1.56 bits per heavy atom. The molecule has 0 aromatic heterocycles. The van der Waals surface area contributed by atoms with E-state index in [2.05, 4.69) is 0 Å². The number of nitrogens with zero attached hydrogens (tertiary/aromatic N) is 1. The number of halogens is 4. The third kappa shape index (κ3) is 4.29. The molecule has 2 aromatic rings. The summed E-state index contributed by atoms with van der Waals surface area (Å²) in [5.41, 5.74) is 0.749. The number of sulfonamides is 1. The van der Waals surface area contributed by atoms with Crippen LogP contribution in [0.15, 0.2) is 35.2 Å². The minimum Gasteiger partial charge on any atom is -0.274 e. The first kappa shape index (κ1) is 21.7. The smallest absolute Gasteiger partial charge is 0.274 e. The van der Waals surface area contributed by atoms with Crippen molar-refractivity contribution in [2.45, 2.75) is 38.8 Å². The molecule has 2 rings (SSSR count). The average Bonchev–Trinajstić information content (AvgIpc) is 2.45. The molecule has 0 aliphatic carbocycles. The van der Waals surface area contributed by atoms with Gasteiger partial charge in [-0.3, -0.25) is 4.79 Å². The standard InChI is InChI=1S/C18H17F3INO3S/c1-10-7-11(2)17(12(3)8-10)27(25,26)23(13(4)24)16-6-5-14(9-15(16)22)18(19,20)21/h5-9H,1-4H3. The summed E-state index contributed by atoms with van der Waals surface area (Å²) in [6, 6.07) is 5.93. The number of rotatable bonds is 3. The SMILES string of the molecule is CC(=O)N(c1ccc(C(F)(F)F)cc1I)S(=O)(=O)c1c(C)cc(C)cc1C. The van der Waals surface area contributed by atoms with Crippen molar-refractivity contribution in [3.8, 4) is 0 Å². The highest BCUT2D eigenvalue weighted by molar-refractivity contribution is 14.1. The lowest BCUT2D eigenvalue weighted by molar-refractivity contribution is -0.137. The maximum Gasteiger partial charge on any atom is 0.416 e. The Kier molecular flexibility index (Phi) is 5.96. The number of benzene rings is 2. The van der Waals surface area contributed by atoms with Crippen LogP contribution >= 0.6 is 22.6 Å². The van der Waals surface area contributed by atoms with Gasteiger partial charge in [0, 0.05) is 10.5 Å². The highest BCUT2D eigenvalue weighted by Crippen LogP contribution is 2.36. The molecule has 4 nitrogen and oxygen atoms in total. The Labute approximate surface area is 169 Å². The van der Waals surface area contributed by atoms with Crippen molar-refractivity contribution >= 4 is 44.2 Å². The number of aryl methyl sites for hydroxylation is 3. The van der Waals surface area contributed by atoms with E-state index in [1.807, 2.05) is 6.92 Å². The van der Waals surface area contributed by atoms with E-state index < -0.39 is 27.7 Å². The summed E-state index contributed by atoms with van der Waals surface area (Å²) >= 11 is 1.60. The van der Waals surface area contributed by atoms with Gasteiger partial charge in [-0.25, -0.2) is 12.7 Å². The Balaban J connectivity index is 2.71. The maximum atomic E-state index is 13.2. The molecule has 0 bridgehead atoms. The van der Waals surface area contributed by atoms with Crippen molar-refractivity contribution in [3.05, 3.63) is 56.2 Å². The summed E-state index contributed by atoms with van der Waals surface area (Å²) < 4.78 is 65.7. The van der Waals surface area contributed by atoms with Gasteiger partial charge in [0.2, 0.25) is 5.91 Å². The molecule has 0 aliphatic heterocycles. The fourth-order valence-electron chi connectivity index (χ4n) is 2.98. The Morgan fingerprint density at radius 3 is 1.96 bits per heavy atom. The number of anilines is 1. The van der Waals surface area contributed by atoms with E-state index in [9.17, 15) is 26.4 Å². The van der Waals surface area contributed by atoms with Gasteiger partial charge < -0.3 is 0 Å². The van der Waals surface area contributed by atoms with Crippen LogP contribution in [0.3, 0.4) is 0 Å². The molecular formula is C18H17F3INO3S. The molecule has 0 saturated heterocycles. The topological polar surface area (TPSA) is 54.5 Å². The molecule has 0 N–H and O–H groups in total. The molecule has 1 amide bonds. The van der Waals surface area contributed by atoms with Crippen LogP contribution in [0, 0.1) is 24.3 Å². The van der Waals surface area contributed by atoms with Crippen LogP contribution in [-0.2, 0) is 21.0 Å². The van der Waals surface area contributed by atoms with Gasteiger partial charge in [-0.2, -0.15) is 13.2 Å². The molecule has 0 radical (unpaired) electrons. The highest BCUT2D eigenvalue weighted by Gasteiger charge is 2.35. The molecule has 9 heteroatoms. The lowest BCUT2D eigenvalue weighted by Gasteiger charge is -2.25. The normalized spacial score (nSPS) is 12.1. The Morgan fingerprint density at radius 1 is 1.04 bits per heavy atom. The van der Waals surface area contributed by atoms with E-state index in [1.165, 1.54) is 0 Å². The number of alkyl halides is 3. The van der Waals surface area contributed by atoms with Crippen molar-refractivity contribution in [2.75, 3.05) is 4.31 Å². The lowest BCUT2D eigenvalue weighted by atomic mass is 10.1. The fourth-order valence-corrected chi connectivity index (χ4v) is 5.77. The van der Waals surface area contributed by atoms with Crippen molar-refractivity contribution in [2.24, 2.45) is 0 Å². The summed E-state index contributed by atoms with van der Waals surface area (Å²) in [7, 11) is -4.30. The Bertz CT molecular complexity index is 994. The van der Waals surface area contributed by atoms with Crippen LogP contribution in [0.5, 0.6) is 0 Å². The zero-order valence-corrected chi connectivity index (χ0v) is 18.0. The van der Waals surface area contributed by atoms with E-state index in [0.29, 0.717) is 15.4 Å². The lowest BCUT2D eigenvalue weighted by Crippen LogP contribution is -2.36. The van der Waals surface area contributed by atoms with E-state index in [-0.39, 0.29) is 14.2 Å². The second kappa shape index (κ2) is 7.42. The first-order chi connectivity index (χ1) is 12.3. The van der Waals surface area contributed by atoms with Crippen molar-refractivity contribution in [1.29, 1.82) is 0 Å². The predicted octanol–water partition coefficient (Wildman–Crippen LogP) is 4.98. The predicted molar refractivity (Wildman–Crippen MR) is 105 cm³/mol. The Hall–Kier alpha value is -1.62. The highest BCUT2D eigenvalue weighted by atomic mass is 127. The van der Waals surface area contributed by atoms with Gasteiger partial charge in [0.25, 0.3) is 10.0 Å². The molecule has 0 atom stereocenters. The number of hydrogen-bond donors (Lipinski definition) is 0. The molecule has 0 unspecified atom stereocenters. The summed E-state index contributed by atoms with van der Waals surface area (Å²) in [5.74, 6) is -0.813. The second-order valence-electron chi connectivity index (χ2n) is 6.18. The van der Waals surface area contributed by atoms with Crippen molar-refractivity contribution in [3.63, 3.8) is 0 Å². The van der Waals surface area contributed by atoms with Crippen LogP contribution in [0.2, 0.25) is 0 Å². The molecule has 0 spiro atoms. The number of carbonyl (C=O) groups excluding carboxylic acids is 1. The largest absolute Gasteiger partial charge is 0.416 e. The van der Waals surface area contributed by atoms with Crippen molar-refractivity contribution < 1.29 is 26.4 Å². The monoisotopic (exact) mass is 511 g/mol. The van der Waals surface area contributed by atoms with Gasteiger partial charge in [-0.15, -0.1) is 0 Å². The van der Waals surface area contributed by atoms with E-state index in [1.54, 1.807) is 48.6 Å². The zero-order valence-electron chi connectivity index (χ0n) is 15.0. The first-order valence-electron chi connectivity index (χ1n) is 7.77. The van der Waals surface area contributed by atoms with Crippen LogP contribution in [0.25, 0.3) is 0 Å². The van der Waals surface area contributed by atoms with Crippen LogP contribution in [0.1, 0.15) is 29.2 Å². The third-order valence-corrected chi connectivity index (χ3v) is 6.84. The van der Waals surface area contributed by atoms with E-state index in [4.69, 9.17) is 0 Å². The van der Waals surface area contributed by atoms with Gasteiger partial charge in [-0.05, 0) is 72.7 Å². The molecule has 27 heavy (non-hydrogen) atoms. The maximum absolute atomic E-state index is 13.2. The second-order valence-corrected chi connectivity index (χ2v) is 9.07. The summed E-state index contributed by atoms with van der Waals surface area (Å²) in [6.07, 6.45) is -4.57. The van der Waals surface area contributed by atoms with Gasteiger partial charge in [-0.1, -0.05) is 17.7 Å². The molecule has 2 aromatic carbocycles. The number of hydrogen-bond acceptors (Lipinski definition) is 3. The van der Waals surface area contributed by atoms with Crippen LogP contribution in [0.4, 0.5) is 18.9 Å². The fraction of sp³-hybridized carbons (Fsp3) is 0.278. The van der Waals surface area contributed by atoms with Gasteiger partial charge in [0.15, 0.2) is 0 Å².